The van der Waals surface area contributed by atoms with E-state index in [0.717, 1.165) is 32.6 Å². The SMILES string of the molecule is C[C@H]1CCC(NC(=O)c2ccc(N(C)CC(F)F)cc2)CCC1Nc1cccc2nc(C(C)(F)F)cn12. The van der Waals surface area contributed by atoms with Gasteiger partial charge in [0.1, 0.15) is 17.2 Å². The Morgan fingerprint density at radius 2 is 1.84 bits per heavy atom. The normalized spacial score (nSPS) is 20.6. The standard InChI is InChI=1S/C27H33F4N5O/c1-17-7-10-19(32-26(37)18-8-12-20(13-9-18)35(3)16-23(28)29)11-14-21(17)33-24-5-4-6-25-34-22(15-36(24)25)27(2,30)31/h4-6,8-9,12-13,15,17,19,21,23,33H,7,10-11,14,16H2,1-3H3,(H,32,37)/t17-,19?,21?/m0/s1. The predicted molar refractivity (Wildman–Crippen MR) is 137 cm³/mol. The molecule has 0 bridgehead atoms. The van der Waals surface area contributed by atoms with E-state index < -0.39 is 12.3 Å². The minimum Gasteiger partial charge on any atom is -0.369 e. The molecule has 6 nitrogen and oxygen atoms in total. The summed E-state index contributed by atoms with van der Waals surface area (Å²) in [7, 11) is 1.59. The number of carbonyl (C=O) groups is 1. The van der Waals surface area contributed by atoms with Crippen LogP contribution >= 0.6 is 0 Å². The Kier molecular flexibility index (Phi) is 7.94. The van der Waals surface area contributed by atoms with Crippen molar-refractivity contribution in [1.82, 2.24) is 14.7 Å². The van der Waals surface area contributed by atoms with Crippen molar-refractivity contribution >= 4 is 23.1 Å². The molecule has 200 valence electrons. The predicted octanol–water partition coefficient (Wildman–Crippen LogP) is 5.94. The molecule has 0 aliphatic heterocycles. The molecule has 0 saturated heterocycles. The molecule has 37 heavy (non-hydrogen) atoms. The number of hydrogen-bond acceptors (Lipinski definition) is 4. The van der Waals surface area contributed by atoms with Crippen molar-refractivity contribution in [3.05, 3.63) is 59.9 Å². The maximum Gasteiger partial charge on any atom is 0.288 e. The highest BCUT2D eigenvalue weighted by Gasteiger charge is 2.29. The number of nitrogens with one attached hydrogen (secondary N) is 2. The first-order chi connectivity index (χ1) is 17.5. The lowest BCUT2D eigenvalue weighted by molar-refractivity contribution is 0.0133. The fraction of sp³-hybridized carbons (Fsp3) is 0.481. The Hall–Kier alpha value is -3.30. The summed E-state index contributed by atoms with van der Waals surface area (Å²) in [5.41, 5.74) is 1.29. The van der Waals surface area contributed by atoms with Crippen LogP contribution in [0.2, 0.25) is 0 Å². The van der Waals surface area contributed by atoms with Gasteiger partial charge in [-0.25, -0.2) is 13.8 Å². The van der Waals surface area contributed by atoms with Crippen molar-refractivity contribution in [2.24, 2.45) is 5.92 Å². The molecule has 3 atom stereocenters. The third-order valence-electron chi connectivity index (χ3n) is 7.08. The molecule has 4 rings (SSSR count). The van der Waals surface area contributed by atoms with Crippen LogP contribution in [-0.4, -0.2) is 47.4 Å². The summed E-state index contributed by atoms with van der Waals surface area (Å²) in [6.07, 6.45) is 2.21. The Morgan fingerprint density at radius 1 is 1.14 bits per heavy atom. The molecule has 1 aliphatic carbocycles. The van der Waals surface area contributed by atoms with Crippen LogP contribution in [0, 0.1) is 5.92 Å². The van der Waals surface area contributed by atoms with Crippen molar-refractivity contribution in [2.75, 3.05) is 23.8 Å². The van der Waals surface area contributed by atoms with E-state index in [1.807, 2.05) is 6.07 Å². The van der Waals surface area contributed by atoms with Crippen molar-refractivity contribution in [3.63, 3.8) is 0 Å². The molecule has 2 N–H and O–H groups in total. The molecule has 0 radical (unpaired) electrons. The van der Waals surface area contributed by atoms with Crippen LogP contribution < -0.4 is 15.5 Å². The van der Waals surface area contributed by atoms with Crippen LogP contribution in [0.3, 0.4) is 0 Å². The second-order valence-electron chi connectivity index (χ2n) is 10.0. The van der Waals surface area contributed by atoms with Gasteiger partial charge in [0.25, 0.3) is 18.3 Å². The third kappa shape index (κ3) is 6.53. The van der Waals surface area contributed by atoms with Crippen LogP contribution in [0.1, 0.15) is 55.6 Å². The van der Waals surface area contributed by atoms with Gasteiger partial charge in [-0.3, -0.25) is 9.20 Å². The topological polar surface area (TPSA) is 61.7 Å². The molecule has 3 aromatic rings. The highest BCUT2D eigenvalue weighted by Crippen LogP contribution is 2.30. The Bertz CT molecular complexity index is 1210. The number of anilines is 2. The molecule has 2 unspecified atom stereocenters. The summed E-state index contributed by atoms with van der Waals surface area (Å²) in [4.78, 5) is 18.4. The number of imidazole rings is 1. The summed E-state index contributed by atoms with van der Waals surface area (Å²) < 4.78 is 54.5. The van der Waals surface area contributed by atoms with Crippen molar-refractivity contribution in [3.8, 4) is 0 Å². The number of rotatable bonds is 8. The van der Waals surface area contributed by atoms with Crippen molar-refractivity contribution in [1.29, 1.82) is 0 Å². The zero-order chi connectivity index (χ0) is 26.7. The van der Waals surface area contributed by atoms with Gasteiger partial charge in [-0.1, -0.05) is 13.0 Å². The van der Waals surface area contributed by atoms with Gasteiger partial charge in [0.2, 0.25) is 0 Å². The monoisotopic (exact) mass is 519 g/mol. The molecule has 10 heteroatoms. The van der Waals surface area contributed by atoms with E-state index in [-0.39, 0.29) is 30.2 Å². The van der Waals surface area contributed by atoms with Crippen molar-refractivity contribution < 1.29 is 22.4 Å². The third-order valence-corrected chi connectivity index (χ3v) is 7.08. The molecule has 1 amide bonds. The van der Waals surface area contributed by atoms with Crippen LogP contribution in [0.4, 0.5) is 29.1 Å². The van der Waals surface area contributed by atoms with Gasteiger partial charge < -0.3 is 15.5 Å². The largest absolute Gasteiger partial charge is 0.369 e. The van der Waals surface area contributed by atoms with Gasteiger partial charge in [0.05, 0.1) is 6.54 Å². The summed E-state index contributed by atoms with van der Waals surface area (Å²) in [5.74, 6) is -2.20. The lowest BCUT2D eigenvalue weighted by Gasteiger charge is -2.24. The minimum absolute atomic E-state index is 0.00245. The van der Waals surface area contributed by atoms with E-state index >= 15 is 0 Å². The van der Waals surface area contributed by atoms with Gasteiger partial charge in [0, 0.05) is 43.5 Å². The molecule has 1 aromatic carbocycles. The smallest absolute Gasteiger partial charge is 0.288 e. The van der Waals surface area contributed by atoms with E-state index in [4.69, 9.17) is 0 Å². The van der Waals surface area contributed by atoms with Gasteiger partial charge in [0.15, 0.2) is 0 Å². The summed E-state index contributed by atoms with van der Waals surface area (Å²) in [6.45, 7) is 2.61. The number of carbonyl (C=O) groups excluding carboxylic acids is 1. The first-order valence-corrected chi connectivity index (χ1v) is 12.5. The van der Waals surface area contributed by atoms with E-state index in [9.17, 15) is 22.4 Å². The Labute approximate surface area is 214 Å². The minimum atomic E-state index is -3.02. The highest BCUT2D eigenvalue weighted by atomic mass is 19.3. The molecular formula is C27H33F4N5O. The molecule has 2 aromatic heterocycles. The number of hydrogen-bond donors (Lipinski definition) is 2. The number of amides is 1. The van der Waals surface area contributed by atoms with Crippen LogP contribution in [0.25, 0.3) is 5.65 Å². The fourth-order valence-corrected chi connectivity index (χ4v) is 4.81. The van der Waals surface area contributed by atoms with Crippen LogP contribution in [-0.2, 0) is 5.92 Å². The lowest BCUT2D eigenvalue weighted by Crippen LogP contribution is -2.34. The molecule has 1 saturated carbocycles. The number of aromatic nitrogens is 2. The second-order valence-corrected chi connectivity index (χ2v) is 10.0. The number of benzene rings is 1. The van der Waals surface area contributed by atoms with E-state index in [1.54, 1.807) is 47.8 Å². The number of fused-ring (bicyclic) bond motifs is 1. The molecular weight excluding hydrogens is 486 g/mol. The Morgan fingerprint density at radius 3 is 2.51 bits per heavy atom. The number of nitrogens with zero attached hydrogens (tertiary/aromatic N) is 3. The summed E-state index contributed by atoms with van der Waals surface area (Å²) in [5, 5.41) is 6.63. The van der Waals surface area contributed by atoms with Gasteiger partial charge in [-0.15, -0.1) is 0 Å². The lowest BCUT2D eigenvalue weighted by atomic mass is 9.97. The Balaban J connectivity index is 1.38. The highest BCUT2D eigenvalue weighted by molar-refractivity contribution is 5.94. The van der Waals surface area contributed by atoms with Gasteiger partial charge >= 0.3 is 0 Å². The molecule has 1 fully saturated rings. The number of halogens is 4. The van der Waals surface area contributed by atoms with Crippen LogP contribution in [0.15, 0.2) is 48.7 Å². The summed E-state index contributed by atoms with van der Waals surface area (Å²) in [6, 6.07) is 12.1. The average molecular weight is 520 g/mol. The second kappa shape index (κ2) is 11.0. The summed E-state index contributed by atoms with van der Waals surface area (Å²) >= 11 is 0. The van der Waals surface area contributed by atoms with E-state index in [2.05, 4.69) is 22.5 Å². The first-order valence-electron chi connectivity index (χ1n) is 12.5. The number of pyridine rings is 1. The maximum absolute atomic E-state index is 13.8. The van der Waals surface area contributed by atoms with Crippen molar-refractivity contribution in [2.45, 2.75) is 64.0 Å². The fourth-order valence-electron chi connectivity index (χ4n) is 4.81. The van der Waals surface area contributed by atoms with Gasteiger partial charge in [-0.2, -0.15) is 8.78 Å². The maximum atomic E-state index is 13.8. The average Bonchev–Trinajstić information content (AvgIpc) is 3.23. The molecule has 1 aliphatic rings. The molecule has 0 spiro atoms. The zero-order valence-corrected chi connectivity index (χ0v) is 21.2. The first kappa shape index (κ1) is 26.8. The zero-order valence-electron chi connectivity index (χ0n) is 21.2. The van der Waals surface area contributed by atoms with E-state index in [0.29, 0.717) is 28.6 Å². The number of alkyl halides is 4. The van der Waals surface area contributed by atoms with Crippen LogP contribution in [0.5, 0.6) is 0 Å². The quantitative estimate of drug-likeness (QED) is 0.286. The van der Waals surface area contributed by atoms with E-state index in [1.165, 1.54) is 11.1 Å². The van der Waals surface area contributed by atoms with Gasteiger partial charge in [-0.05, 0) is 68.0 Å². The molecule has 2 heterocycles.